The first-order valence-electron chi connectivity index (χ1n) is 8.18. The molecule has 2 aromatic rings. The molecule has 1 aliphatic rings. The second kappa shape index (κ2) is 7.82. The van der Waals surface area contributed by atoms with Gasteiger partial charge in [0.05, 0.1) is 0 Å². The Labute approximate surface area is 150 Å². The molecule has 0 bridgehead atoms. The Bertz CT molecular complexity index is 804. The second-order valence-electron chi connectivity index (χ2n) is 5.87. The quantitative estimate of drug-likeness (QED) is 0.778. The SMILES string of the molecule is O=C(N[C@@H](/C=C/CF)C(=O)O)OCC1c2ccccc2-c2ccccc21. The van der Waals surface area contributed by atoms with Crippen LogP contribution in [0.25, 0.3) is 11.1 Å². The van der Waals surface area contributed by atoms with E-state index in [4.69, 9.17) is 9.84 Å². The Balaban J connectivity index is 1.71. The van der Waals surface area contributed by atoms with Gasteiger partial charge in [0.15, 0.2) is 0 Å². The number of rotatable bonds is 6. The van der Waals surface area contributed by atoms with Crippen molar-refractivity contribution in [2.75, 3.05) is 13.3 Å². The number of benzene rings is 2. The molecule has 0 radical (unpaired) electrons. The molecule has 5 nitrogen and oxygen atoms in total. The van der Waals surface area contributed by atoms with Crippen LogP contribution < -0.4 is 5.32 Å². The number of halogens is 1. The highest BCUT2D eigenvalue weighted by Crippen LogP contribution is 2.44. The van der Waals surface area contributed by atoms with Gasteiger partial charge in [0.2, 0.25) is 0 Å². The maximum absolute atomic E-state index is 12.2. The predicted molar refractivity (Wildman–Crippen MR) is 94.7 cm³/mol. The molecule has 0 saturated carbocycles. The van der Waals surface area contributed by atoms with E-state index in [0.717, 1.165) is 34.4 Å². The van der Waals surface area contributed by atoms with Crippen molar-refractivity contribution >= 4 is 12.1 Å². The summed E-state index contributed by atoms with van der Waals surface area (Å²) < 4.78 is 17.4. The first-order valence-corrected chi connectivity index (χ1v) is 8.18. The van der Waals surface area contributed by atoms with Crippen molar-refractivity contribution in [1.29, 1.82) is 0 Å². The molecule has 0 unspecified atom stereocenters. The average molecular weight is 355 g/mol. The number of amides is 1. The molecule has 0 saturated heterocycles. The van der Waals surface area contributed by atoms with E-state index in [1.165, 1.54) is 0 Å². The number of carboxylic acids is 1. The number of carbonyl (C=O) groups is 2. The largest absolute Gasteiger partial charge is 0.479 e. The number of hydrogen-bond acceptors (Lipinski definition) is 3. The molecule has 26 heavy (non-hydrogen) atoms. The molecule has 0 spiro atoms. The van der Waals surface area contributed by atoms with Gasteiger partial charge in [0.1, 0.15) is 19.3 Å². The Kier molecular flexibility index (Phi) is 5.31. The average Bonchev–Trinajstić information content (AvgIpc) is 2.97. The van der Waals surface area contributed by atoms with Crippen LogP contribution in [0.15, 0.2) is 60.7 Å². The van der Waals surface area contributed by atoms with Crippen LogP contribution >= 0.6 is 0 Å². The molecule has 134 valence electrons. The van der Waals surface area contributed by atoms with Gasteiger partial charge in [-0.2, -0.15) is 0 Å². The number of nitrogens with one attached hydrogen (secondary N) is 1. The fourth-order valence-electron chi connectivity index (χ4n) is 3.15. The highest BCUT2D eigenvalue weighted by molar-refractivity contribution is 5.82. The smallest absolute Gasteiger partial charge is 0.408 e. The first-order chi connectivity index (χ1) is 12.6. The highest BCUT2D eigenvalue weighted by Gasteiger charge is 2.29. The molecule has 0 fully saturated rings. The third kappa shape index (κ3) is 3.59. The molecule has 0 aliphatic heterocycles. The van der Waals surface area contributed by atoms with E-state index in [9.17, 15) is 14.0 Å². The molecule has 0 aromatic heterocycles. The van der Waals surface area contributed by atoms with E-state index in [1.54, 1.807) is 0 Å². The lowest BCUT2D eigenvalue weighted by Crippen LogP contribution is -2.40. The van der Waals surface area contributed by atoms with Crippen molar-refractivity contribution in [3.05, 3.63) is 71.8 Å². The molecule has 1 amide bonds. The molecule has 2 aromatic carbocycles. The fourth-order valence-corrected chi connectivity index (χ4v) is 3.15. The normalized spacial score (nSPS) is 13.9. The summed E-state index contributed by atoms with van der Waals surface area (Å²) in [7, 11) is 0. The zero-order chi connectivity index (χ0) is 18.5. The maximum Gasteiger partial charge on any atom is 0.408 e. The summed E-state index contributed by atoms with van der Waals surface area (Å²) in [5.74, 6) is -1.40. The van der Waals surface area contributed by atoms with Crippen LogP contribution in [0.2, 0.25) is 0 Å². The van der Waals surface area contributed by atoms with Crippen LogP contribution in [0.4, 0.5) is 9.18 Å². The van der Waals surface area contributed by atoms with Crippen LogP contribution in [0.1, 0.15) is 17.0 Å². The van der Waals surface area contributed by atoms with Crippen molar-refractivity contribution in [1.82, 2.24) is 5.32 Å². The number of hydrogen-bond donors (Lipinski definition) is 2. The van der Waals surface area contributed by atoms with E-state index in [0.29, 0.717) is 0 Å². The predicted octanol–water partition coefficient (Wildman–Crippen LogP) is 3.50. The van der Waals surface area contributed by atoms with Crippen LogP contribution in [0.5, 0.6) is 0 Å². The topological polar surface area (TPSA) is 75.6 Å². The lowest BCUT2D eigenvalue weighted by Gasteiger charge is -2.16. The van der Waals surface area contributed by atoms with Crippen molar-refractivity contribution in [2.45, 2.75) is 12.0 Å². The van der Waals surface area contributed by atoms with Crippen molar-refractivity contribution < 1.29 is 23.8 Å². The number of allylic oxidation sites excluding steroid dienone is 1. The van der Waals surface area contributed by atoms with Gasteiger partial charge in [-0.05, 0) is 22.3 Å². The Morgan fingerprint density at radius 2 is 1.69 bits per heavy atom. The summed E-state index contributed by atoms with van der Waals surface area (Å²) in [6, 6.07) is 14.5. The lowest BCUT2D eigenvalue weighted by atomic mass is 9.98. The van der Waals surface area contributed by atoms with Crippen LogP contribution in [-0.4, -0.2) is 36.5 Å². The number of fused-ring (bicyclic) bond motifs is 3. The van der Waals surface area contributed by atoms with Gasteiger partial charge in [-0.3, -0.25) is 0 Å². The summed E-state index contributed by atoms with van der Waals surface area (Å²) in [6.45, 7) is -0.727. The Morgan fingerprint density at radius 3 is 2.23 bits per heavy atom. The van der Waals surface area contributed by atoms with E-state index < -0.39 is 24.8 Å². The third-order valence-electron chi connectivity index (χ3n) is 4.30. The number of ether oxygens (including phenoxy) is 1. The molecule has 3 rings (SSSR count). The molecular weight excluding hydrogens is 337 g/mol. The summed E-state index contributed by atoms with van der Waals surface area (Å²) >= 11 is 0. The number of carboxylic acid groups (broad SMARTS) is 1. The number of carbonyl (C=O) groups excluding carboxylic acids is 1. The Hall–Kier alpha value is -3.15. The van der Waals surface area contributed by atoms with Gasteiger partial charge < -0.3 is 15.2 Å². The molecule has 1 atom stereocenters. The minimum absolute atomic E-state index is 0.0824. The van der Waals surface area contributed by atoms with Crippen LogP contribution in [0, 0.1) is 0 Å². The summed E-state index contributed by atoms with van der Waals surface area (Å²) in [4.78, 5) is 23.1. The molecule has 1 aliphatic carbocycles. The lowest BCUT2D eigenvalue weighted by molar-refractivity contribution is -0.138. The zero-order valence-corrected chi connectivity index (χ0v) is 13.9. The molecule has 2 N–H and O–H groups in total. The van der Waals surface area contributed by atoms with E-state index in [2.05, 4.69) is 5.32 Å². The minimum Gasteiger partial charge on any atom is -0.479 e. The Morgan fingerprint density at radius 1 is 1.12 bits per heavy atom. The fraction of sp³-hybridized carbons (Fsp3) is 0.200. The van der Waals surface area contributed by atoms with Crippen molar-refractivity contribution in [2.24, 2.45) is 0 Å². The maximum atomic E-state index is 12.2. The zero-order valence-electron chi connectivity index (χ0n) is 13.9. The van der Waals surface area contributed by atoms with Crippen molar-refractivity contribution in [3.63, 3.8) is 0 Å². The standard InChI is InChI=1S/C20H18FNO4/c21-11-5-10-18(19(23)24)22-20(25)26-12-17-15-8-3-1-6-13(15)14-7-2-4-9-16(14)17/h1-10,17-18H,11-12H2,(H,22,25)(H,23,24)/b10-5+/t18-/m0/s1. The van der Waals surface area contributed by atoms with Crippen LogP contribution in [0.3, 0.4) is 0 Å². The summed E-state index contributed by atoms with van der Waals surface area (Å²) in [5, 5.41) is 11.3. The van der Waals surface area contributed by atoms with Gasteiger partial charge in [0.25, 0.3) is 0 Å². The summed E-state index contributed by atoms with van der Waals surface area (Å²) in [6.07, 6.45) is 1.24. The molecule has 0 heterocycles. The van der Waals surface area contributed by atoms with Crippen molar-refractivity contribution in [3.8, 4) is 11.1 Å². The van der Waals surface area contributed by atoms with E-state index in [1.807, 2.05) is 48.5 Å². The van der Waals surface area contributed by atoms with Gasteiger partial charge >= 0.3 is 12.1 Å². The van der Waals surface area contributed by atoms with Gasteiger partial charge in [0, 0.05) is 5.92 Å². The molecule has 6 heteroatoms. The van der Waals surface area contributed by atoms with Gasteiger partial charge in [-0.25, -0.2) is 14.0 Å². The third-order valence-corrected chi connectivity index (χ3v) is 4.30. The monoisotopic (exact) mass is 355 g/mol. The number of aliphatic carboxylic acids is 1. The first kappa shape index (κ1) is 17.7. The highest BCUT2D eigenvalue weighted by atomic mass is 19.1. The van der Waals surface area contributed by atoms with Gasteiger partial charge in [-0.15, -0.1) is 0 Å². The van der Waals surface area contributed by atoms with E-state index >= 15 is 0 Å². The minimum atomic E-state index is -1.33. The summed E-state index contributed by atoms with van der Waals surface area (Å²) in [5.41, 5.74) is 4.33. The van der Waals surface area contributed by atoms with E-state index in [-0.39, 0.29) is 12.5 Å². The van der Waals surface area contributed by atoms with Gasteiger partial charge in [-0.1, -0.05) is 60.7 Å². The number of alkyl halides is 1. The van der Waals surface area contributed by atoms with Crippen LogP contribution in [-0.2, 0) is 9.53 Å². The second-order valence-corrected chi connectivity index (χ2v) is 5.87. The molecular formula is C20H18FNO4. The number of alkyl carbamates (subject to hydrolysis) is 1.